The highest BCUT2D eigenvalue weighted by Crippen LogP contribution is 2.75. The lowest BCUT2D eigenvalue weighted by Crippen LogP contribution is -2.54. The van der Waals surface area contributed by atoms with Crippen LogP contribution < -0.4 is 0 Å². The van der Waals surface area contributed by atoms with Gasteiger partial charge in [0, 0.05) is 20.0 Å². The minimum atomic E-state index is -0.397. The average molecular weight is 403 g/mol. The predicted octanol–water partition coefficient (Wildman–Crippen LogP) is 3.80. The Morgan fingerprint density at radius 3 is 2.69 bits per heavy atom. The molecule has 0 radical (unpaired) electrons. The zero-order chi connectivity index (χ0) is 20.1. The van der Waals surface area contributed by atoms with Crippen molar-refractivity contribution in [3.8, 4) is 0 Å². The van der Waals surface area contributed by atoms with Gasteiger partial charge in [-0.3, -0.25) is 4.79 Å². The number of carbonyl (C=O) groups excluding carboxylic acids is 1. The molecule has 5 fully saturated rings. The second-order valence-corrected chi connectivity index (χ2v) is 10.9. The van der Waals surface area contributed by atoms with E-state index in [-0.39, 0.29) is 22.0 Å². The Labute approximate surface area is 173 Å². The van der Waals surface area contributed by atoms with Gasteiger partial charge in [-0.15, -0.1) is 0 Å². The van der Waals surface area contributed by atoms with Gasteiger partial charge in [0.15, 0.2) is 5.79 Å². The van der Waals surface area contributed by atoms with E-state index in [2.05, 4.69) is 13.0 Å². The van der Waals surface area contributed by atoms with Crippen molar-refractivity contribution in [2.75, 3.05) is 26.9 Å². The number of rotatable bonds is 3. The molecule has 29 heavy (non-hydrogen) atoms. The van der Waals surface area contributed by atoms with Gasteiger partial charge in [0.2, 0.25) is 0 Å². The van der Waals surface area contributed by atoms with Crippen molar-refractivity contribution < 1.29 is 23.7 Å². The summed E-state index contributed by atoms with van der Waals surface area (Å²) in [6, 6.07) is 0. The molecule has 1 spiro atoms. The number of ketones is 1. The number of epoxide rings is 1. The molecule has 6 atom stereocenters. The number of Topliss-reactive ketones (excluding diaryl/α,β-unsaturated/α-hetero) is 1. The first-order valence-corrected chi connectivity index (χ1v) is 11.5. The molecular formula is C24H34O5. The molecule has 0 aromatic heterocycles. The van der Waals surface area contributed by atoms with Crippen LogP contribution in [0.5, 0.6) is 0 Å². The third-order valence-corrected chi connectivity index (χ3v) is 10.1. The number of carbonyl (C=O) groups is 1. The molecule has 2 saturated heterocycles. The molecule has 0 aromatic rings. The lowest BCUT2D eigenvalue weighted by Gasteiger charge is -2.53. The van der Waals surface area contributed by atoms with E-state index in [0.29, 0.717) is 37.4 Å². The Morgan fingerprint density at radius 1 is 1.17 bits per heavy atom. The average Bonchev–Trinajstić information content (AvgIpc) is 2.99. The topological polar surface area (TPSA) is 57.3 Å². The molecule has 6 rings (SSSR count). The molecular weight excluding hydrogens is 368 g/mol. The number of allylic oxidation sites excluding steroid dienone is 1. The normalized spacial score (nSPS) is 51.6. The van der Waals surface area contributed by atoms with E-state index >= 15 is 0 Å². The first-order valence-electron chi connectivity index (χ1n) is 11.5. The fourth-order valence-corrected chi connectivity index (χ4v) is 8.62. The van der Waals surface area contributed by atoms with Crippen molar-refractivity contribution in [2.45, 2.75) is 82.2 Å². The minimum absolute atomic E-state index is 0.0118. The summed E-state index contributed by atoms with van der Waals surface area (Å²) in [7, 11) is 1.74. The molecule has 0 N–H and O–H groups in total. The van der Waals surface area contributed by atoms with Gasteiger partial charge in [0.05, 0.1) is 25.2 Å². The van der Waals surface area contributed by atoms with Gasteiger partial charge in [-0.2, -0.15) is 0 Å². The van der Waals surface area contributed by atoms with Gasteiger partial charge in [-0.1, -0.05) is 13.0 Å². The second kappa shape index (κ2) is 5.73. The Morgan fingerprint density at radius 2 is 1.97 bits per heavy atom. The van der Waals surface area contributed by atoms with Gasteiger partial charge < -0.3 is 18.9 Å². The van der Waals surface area contributed by atoms with E-state index in [4.69, 9.17) is 18.9 Å². The highest BCUT2D eigenvalue weighted by molar-refractivity contribution is 5.84. The quantitative estimate of drug-likeness (QED) is 0.531. The van der Waals surface area contributed by atoms with Crippen LogP contribution in [0, 0.1) is 22.7 Å². The third kappa shape index (κ3) is 2.09. The molecule has 160 valence electrons. The van der Waals surface area contributed by atoms with E-state index in [0.717, 1.165) is 51.4 Å². The molecule has 2 aliphatic heterocycles. The van der Waals surface area contributed by atoms with Crippen molar-refractivity contribution in [1.82, 2.24) is 0 Å². The van der Waals surface area contributed by atoms with Gasteiger partial charge in [0.25, 0.3) is 0 Å². The van der Waals surface area contributed by atoms with Gasteiger partial charge >= 0.3 is 0 Å². The molecule has 4 aliphatic carbocycles. The van der Waals surface area contributed by atoms with Crippen LogP contribution in [0.4, 0.5) is 0 Å². The van der Waals surface area contributed by atoms with Crippen molar-refractivity contribution in [1.29, 1.82) is 0 Å². The molecule has 5 heteroatoms. The largest absolute Gasteiger partial charge is 0.384 e. The first kappa shape index (κ1) is 19.0. The summed E-state index contributed by atoms with van der Waals surface area (Å²) < 4.78 is 24.4. The van der Waals surface area contributed by atoms with E-state index in [1.165, 1.54) is 0 Å². The number of fused-ring (bicyclic) bond motifs is 3. The van der Waals surface area contributed by atoms with Gasteiger partial charge in [0.1, 0.15) is 17.0 Å². The zero-order valence-corrected chi connectivity index (χ0v) is 18.1. The van der Waals surface area contributed by atoms with E-state index in [9.17, 15) is 4.79 Å². The van der Waals surface area contributed by atoms with E-state index in [1.807, 2.05) is 0 Å². The summed E-state index contributed by atoms with van der Waals surface area (Å²) in [4.78, 5) is 12.9. The maximum atomic E-state index is 12.9. The van der Waals surface area contributed by atoms with Gasteiger partial charge in [-0.05, 0) is 68.3 Å². The standard InChI is InChI=1S/C24H34O5/c1-16(25)21(15-26-3)8-6-18-17-4-9-22-14-23(27-12-13-28-23)10-11-24(22,29-22)19(17)5-7-20(18,21)2/h5,17-18H,4,6-15H2,1-3H3/t17?,18?,20-,21-,22+,24+/m0/s1. The minimum Gasteiger partial charge on any atom is -0.384 e. The molecule has 0 aromatic carbocycles. The first-order chi connectivity index (χ1) is 13.9. The fourth-order valence-electron chi connectivity index (χ4n) is 8.62. The van der Waals surface area contributed by atoms with Crippen molar-refractivity contribution in [3.05, 3.63) is 11.6 Å². The number of methoxy groups -OCH3 is 1. The molecule has 6 aliphatic rings. The summed E-state index contributed by atoms with van der Waals surface area (Å²) >= 11 is 0. The summed E-state index contributed by atoms with van der Waals surface area (Å²) in [5.41, 5.74) is 1.04. The number of ether oxygens (including phenoxy) is 4. The molecule has 2 unspecified atom stereocenters. The summed E-state index contributed by atoms with van der Waals surface area (Å²) in [6.07, 6.45) is 10.6. The van der Waals surface area contributed by atoms with Crippen molar-refractivity contribution in [2.24, 2.45) is 22.7 Å². The SMILES string of the molecule is COC[C@]1(C(C)=O)CCC2C3CC[C@@]45CC6(CC[C@@]4(O5)C3=CC[C@@]21C)OCCO6. The van der Waals surface area contributed by atoms with Crippen LogP contribution in [-0.4, -0.2) is 49.7 Å². The monoisotopic (exact) mass is 402 g/mol. The van der Waals surface area contributed by atoms with Crippen molar-refractivity contribution in [3.63, 3.8) is 0 Å². The summed E-state index contributed by atoms with van der Waals surface area (Å²) in [5, 5.41) is 0. The van der Waals surface area contributed by atoms with Crippen LogP contribution in [0.15, 0.2) is 11.6 Å². The van der Waals surface area contributed by atoms with Crippen molar-refractivity contribution >= 4 is 5.78 Å². The number of hydrogen-bond donors (Lipinski definition) is 0. The summed E-state index contributed by atoms with van der Waals surface area (Å²) in [6.45, 7) is 6.11. The Kier molecular flexibility index (Phi) is 3.75. The van der Waals surface area contributed by atoms with Crippen LogP contribution in [0.25, 0.3) is 0 Å². The van der Waals surface area contributed by atoms with Crippen LogP contribution in [0.1, 0.15) is 65.2 Å². The van der Waals surface area contributed by atoms with E-state index in [1.54, 1.807) is 19.6 Å². The molecule has 3 saturated carbocycles. The van der Waals surface area contributed by atoms with Crippen LogP contribution >= 0.6 is 0 Å². The van der Waals surface area contributed by atoms with Crippen LogP contribution in [0.2, 0.25) is 0 Å². The lowest BCUT2D eigenvalue weighted by molar-refractivity contribution is -0.185. The lowest BCUT2D eigenvalue weighted by atomic mass is 9.50. The second-order valence-electron chi connectivity index (χ2n) is 10.9. The van der Waals surface area contributed by atoms with Crippen LogP contribution in [-0.2, 0) is 23.7 Å². The zero-order valence-electron chi connectivity index (χ0n) is 18.1. The smallest absolute Gasteiger partial charge is 0.171 e. The van der Waals surface area contributed by atoms with Crippen LogP contribution in [0.3, 0.4) is 0 Å². The van der Waals surface area contributed by atoms with E-state index < -0.39 is 5.79 Å². The maximum absolute atomic E-state index is 12.9. The number of hydrogen-bond acceptors (Lipinski definition) is 5. The molecule has 0 amide bonds. The molecule has 5 nitrogen and oxygen atoms in total. The Balaban J connectivity index is 1.35. The fraction of sp³-hybridized carbons (Fsp3) is 0.875. The Bertz CT molecular complexity index is 784. The molecule has 0 bridgehead atoms. The Hall–Kier alpha value is -0.750. The highest BCUT2D eigenvalue weighted by Gasteiger charge is 2.79. The highest BCUT2D eigenvalue weighted by atomic mass is 16.7. The van der Waals surface area contributed by atoms with Gasteiger partial charge in [-0.25, -0.2) is 0 Å². The molecule has 2 heterocycles. The predicted molar refractivity (Wildman–Crippen MR) is 106 cm³/mol. The third-order valence-electron chi connectivity index (χ3n) is 10.1. The summed E-state index contributed by atoms with van der Waals surface area (Å²) in [5.74, 6) is 1.00. The maximum Gasteiger partial charge on any atom is 0.171 e.